The Morgan fingerprint density at radius 1 is 1.35 bits per heavy atom. The lowest BCUT2D eigenvalue weighted by molar-refractivity contribution is 0.590. The number of hydrogen-bond donors (Lipinski definition) is 0. The third-order valence-electron chi connectivity index (χ3n) is 3.41. The summed E-state index contributed by atoms with van der Waals surface area (Å²) in [6.07, 6.45) is 0.625. The first-order valence-electron chi connectivity index (χ1n) is 5.44. The van der Waals surface area contributed by atoms with Gasteiger partial charge in [-0.2, -0.15) is 0 Å². The Hall–Kier alpha value is -0.810. The van der Waals surface area contributed by atoms with Crippen molar-refractivity contribution in [2.75, 3.05) is 5.75 Å². The maximum absolute atomic E-state index is 11.7. The summed E-state index contributed by atoms with van der Waals surface area (Å²) in [6, 6.07) is 6.03. The molecule has 0 saturated heterocycles. The van der Waals surface area contributed by atoms with Crippen LogP contribution in [0.3, 0.4) is 0 Å². The van der Waals surface area contributed by atoms with Crippen molar-refractivity contribution >= 4 is 36.7 Å². The molecule has 0 N–H and O–H groups in total. The molecule has 0 fully saturated rings. The molecule has 3 nitrogen and oxygen atoms in total. The van der Waals surface area contributed by atoms with Crippen LogP contribution in [-0.4, -0.2) is 18.7 Å². The molecule has 2 heterocycles. The maximum atomic E-state index is 11.7. The minimum absolute atomic E-state index is 0.177. The van der Waals surface area contributed by atoms with Gasteiger partial charge in [-0.3, -0.25) is 0 Å². The fourth-order valence-corrected chi connectivity index (χ4v) is 4.34. The van der Waals surface area contributed by atoms with Gasteiger partial charge in [0.05, 0.1) is 11.5 Å². The van der Waals surface area contributed by atoms with Crippen LogP contribution in [0.4, 0.5) is 0 Å². The van der Waals surface area contributed by atoms with Crippen LogP contribution < -0.4 is 0 Å². The predicted octanol–water partition coefficient (Wildman–Crippen LogP) is 2.41. The van der Waals surface area contributed by atoms with Gasteiger partial charge < -0.3 is 4.57 Å². The predicted molar refractivity (Wildman–Crippen MR) is 71.8 cm³/mol. The molecule has 0 aliphatic carbocycles. The average molecular weight is 314 g/mol. The molecular weight excluding hydrogens is 302 g/mol. The van der Waals surface area contributed by atoms with Crippen LogP contribution in [0.15, 0.2) is 22.7 Å². The molecule has 2 aromatic rings. The lowest BCUT2D eigenvalue weighted by Crippen LogP contribution is -2.19. The van der Waals surface area contributed by atoms with Crippen molar-refractivity contribution < 1.29 is 8.42 Å². The molecule has 0 unspecified atom stereocenters. The molecule has 1 aromatic carbocycles. The molecule has 3 rings (SSSR count). The molecule has 0 spiro atoms. The van der Waals surface area contributed by atoms with E-state index in [1.54, 1.807) is 0 Å². The van der Waals surface area contributed by atoms with Crippen LogP contribution in [0.2, 0.25) is 0 Å². The highest BCUT2D eigenvalue weighted by Crippen LogP contribution is 2.32. The Morgan fingerprint density at radius 2 is 2.12 bits per heavy atom. The van der Waals surface area contributed by atoms with E-state index in [9.17, 15) is 8.42 Å². The first-order valence-corrected chi connectivity index (χ1v) is 8.05. The zero-order chi connectivity index (χ0) is 12.2. The Kier molecular flexibility index (Phi) is 2.38. The fourth-order valence-electron chi connectivity index (χ4n) is 2.57. The molecule has 90 valence electrons. The molecule has 17 heavy (non-hydrogen) atoms. The van der Waals surface area contributed by atoms with Crippen molar-refractivity contribution in [2.45, 2.75) is 12.2 Å². The summed E-state index contributed by atoms with van der Waals surface area (Å²) in [5.74, 6) is 0.446. The van der Waals surface area contributed by atoms with E-state index in [2.05, 4.69) is 20.5 Å². The normalized spacial score (nSPS) is 18.2. The van der Waals surface area contributed by atoms with Gasteiger partial charge in [0.1, 0.15) is 0 Å². The molecule has 1 aliphatic heterocycles. The Morgan fingerprint density at radius 3 is 2.88 bits per heavy atom. The molecular formula is C12H12BrNO2S. The first-order chi connectivity index (χ1) is 7.98. The monoisotopic (exact) mass is 313 g/mol. The molecule has 1 aromatic heterocycles. The smallest absolute Gasteiger partial charge is 0.154 e. The van der Waals surface area contributed by atoms with Crippen LogP contribution in [0.25, 0.3) is 10.9 Å². The van der Waals surface area contributed by atoms with Crippen molar-refractivity contribution in [2.24, 2.45) is 7.05 Å². The van der Waals surface area contributed by atoms with Crippen LogP contribution in [-0.2, 0) is 29.1 Å². The number of hydrogen-bond acceptors (Lipinski definition) is 2. The van der Waals surface area contributed by atoms with Crippen LogP contribution >= 0.6 is 15.9 Å². The highest BCUT2D eigenvalue weighted by Gasteiger charge is 2.26. The van der Waals surface area contributed by atoms with E-state index in [1.807, 2.05) is 25.2 Å². The largest absolute Gasteiger partial charge is 0.347 e. The van der Waals surface area contributed by atoms with Crippen molar-refractivity contribution in [3.63, 3.8) is 0 Å². The van der Waals surface area contributed by atoms with E-state index in [0.717, 1.165) is 26.6 Å². The van der Waals surface area contributed by atoms with Crippen LogP contribution in [0.5, 0.6) is 0 Å². The third kappa shape index (κ3) is 1.72. The van der Waals surface area contributed by atoms with Gasteiger partial charge in [-0.15, -0.1) is 0 Å². The van der Waals surface area contributed by atoms with E-state index in [0.29, 0.717) is 6.42 Å². The van der Waals surface area contributed by atoms with E-state index in [4.69, 9.17) is 0 Å². The number of rotatable bonds is 0. The van der Waals surface area contributed by atoms with E-state index < -0.39 is 9.84 Å². The standard InChI is InChI=1S/C12H12BrNO2S/c1-14-11-3-2-8(13)6-9(11)10-7-17(15,16)5-4-12(10)14/h2-3,6H,4-5,7H2,1H3. The number of sulfone groups is 1. The second-order valence-corrected chi connectivity index (χ2v) is 7.59. The topological polar surface area (TPSA) is 39.1 Å². The summed E-state index contributed by atoms with van der Waals surface area (Å²) < 4.78 is 26.6. The van der Waals surface area contributed by atoms with E-state index in [1.165, 1.54) is 0 Å². The number of benzene rings is 1. The van der Waals surface area contributed by atoms with Crippen molar-refractivity contribution in [3.05, 3.63) is 33.9 Å². The summed E-state index contributed by atoms with van der Waals surface area (Å²) in [7, 11) is -0.909. The lowest BCUT2D eigenvalue weighted by atomic mass is 10.1. The minimum Gasteiger partial charge on any atom is -0.347 e. The van der Waals surface area contributed by atoms with Gasteiger partial charge in [0, 0.05) is 34.5 Å². The molecule has 5 heteroatoms. The highest BCUT2D eigenvalue weighted by molar-refractivity contribution is 9.10. The van der Waals surface area contributed by atoms with Gasteiger partial charge in [0.25, 0.3) is 0 Å². The number of halogens is 1. The summed E-state index contributed by atoms with van der Waals surface area (Å²) in [5, 5.41) is 1.06. The molecule has 0 bridgehead atoms. The number of nitrogens with zero attached hydrogens (tertiary/aromatic N) is 1. The van der Waals surface area contributed by atoms with Crippen LogP contribution in [0.1, 0.15) is 11.3 Å². The molecule has 0 radical (unpaired) electrons. The van der Waals surface area contributed by atoms with E-state index in [-0.39, 0.29) is 11.5 Å². The Balaban J connectivity index is 2.38. The van der Waals surface area contributed by atoms with Gasteiger partial charge in [0.2, 0.25) is 0 Å². The van der Waals surface area contributed by atoms with Gasteiger partial charge in [-0.25, -0.2) is 8.42 Å². The molecule has 1 aliphatic rings. The number of aryl methyl sites for hydroxylation is 1. The maximum Gasteiger partial charge on any atom is 0.154 e. The SMILES string of the molecule is Cn1c2c(c3cc(Br)ccc31)CS(=O)(=O)CC2. The highest BCUT2D eigenvalue weighted by atomic mass is 79.9. The molecule has 0 atom stereocenters. The van der Waals surface area contributed by atoms with Crippen molar-refractivity contribution in [3.8, 4) is 0 Å². The van der Waals surface area contributed by atoms with Gasteiger partial charge >= 0.3 is 0 Å². The second-order valence-electron chi connectivity index (χ2n) is 4.49. The minimum atomic E-state index is -2.92. The Bertz CT molecular complexity index is 716. The number of fused-ring (bicyclic) bond motifs is 3. The quantitative estimate of drug-likeness (QED) is 0.749. The van der Waals surface area contributed by atoms with Gasteiger partial charge in [0.15, 0.2) is 9.84 Å². The summed E-state index contributed by atoms with van der Waals surface area (Å²) >= 11 is 3.44. The fraction of sp³-hybridized carbons (Fsp3) is 0.333. The zero-order valence-electron chi connectivity index (χ0n) is 9.40. The van der Waals surface area contributed by atoms with E-state index >= 15 is 0 Å². The third-order valence-corrected chi connectivity index (χ3v) is 5.46. The zero-order valence-corrected chi connectivity index (χ0v) is 11.8. The summed E-state index contributed by atoms with van der Waals surface area (Å²) in [4.78, 5) is 0. The van der Waals surface area contributed by atoms with Crippen LogP contribution in [0, 0.1) is 0 Å². The second kappa shape index (κ2) is 3.59. The first kappa shape index (κ1) is 11.3. The number of aromatic nitrogens is 1. The molecule has 0 saturated carbocycles. The van der Waals surface area contributed by atoms with Crippen molar-refractivity contribution in [1.82, 2.24) is 4.57 Å². The summed E-state index contributed by atoms with van der Waals surface area (Å²) in [6.45, 7) is 0. The summed E-state index contributed by atoms with van der Waals surface area (Å²) in [5.41, 5.74) is 3.25. The van der Waals surface area contributed by atoms with Gasteiger partial charge in [-0.1, -0.05) is 15.9 Å². The van der Waals surface area contributed by atoms with Crippen molar-refractivity contribution in [1.29, 1.82) is 0 Å². The average Bonchev–Trinajstić information content (AvgIpc) is 2.51. The Labute approximate surface area is 108 Å². The molecule has 0 amide bonds. The van der Waals surface area contributed by atoms with Gasteiger partial charge in [-0.05, 0) is 23.8 Å². The lowest BCUT2D eigenvalue weighted by Gasteiger charge is -2.14.